The number of rotatable bonds is 4. The summed E-state index contributed by atoms with van der Waals surface area (Å²) in [4.78, 5) is 14.0. The monoisotopic (exact) mass is 337 g/mol. The van der Waals surface area contributed by atoms with Gasteiger partial charge in [-0.2, -0.15) is 0 Å². The molecule has 1 fully saturated rings. The molecule has 1 aliphatic rings. The number of aromatic hydroxyl groups is 1. The molecule has 0 saturated carbocycles. The average Bonchev–Trinajstić information content (AvgIpc) is 2.89. The van der Waals surface area contributed by atoms with Gasteiger partial charge in [-0.3, -0.25) is 0 Å². The van der Waals surface area contributed by atoms with Crippen LogP contribution in [0.1, 0.15) is 38.7 Å². The molecule has 1 heterocycles. The molecule has 2 rings (SSSR count). The van der Waals surface area contributed by atoms with E-state index in [0.29, 0.717) is 30.8 Å². The second-order valence-electron chi connectivity index (χ2n) is 7.16. The number of nitrogens with zero attached hydrogens (tertiary/aromatic N) is 1. The van der Waals surface area contributed by atoms with E-state index >= 15 is 0 Å². The van der Waals surface area contributed by atoms with Crippen LogP contribution in [0.15, 0.2) is 18.2 Å². The fourth-order valence-electron chi connectivity index (χ4n) is 3.22. The summed E-state index contributed by atoms with van der Waals surface area (Å²) in [6.45, 7) is 6.42. The van der Waals surface area contributed by atoms with E-state index in [2.05, 4.69) is 0 Å². The number of hydrogen-bond acceptors (Lipinski definition) is 5. The van der Waals surface area contributed by atoms with Crippen LogP contribution in [0, 0.1) is 5.92 Å². The van der Waals surface area contributed by atoms with Gasteiger partial charge in [-0.15, -0.1) is 0 Å². The summed E-state index contributed by atoms with van der Waals surface area (Å²) >= 11 is 0. The van der Waals surface area contributed by atoms with E-state index in [9.17, 15) is 15.0 Å². The molecular weight excluding hydrogens is 310 g/mol. The van der Waals surface area contributed by atoms with Crippen molar-refractivity contribution in [1.82, 2.24) is 4.90 Å². The third kappa shape index (κ3) is 4.12. The Labute approximate surface area is 143 Å². The molecule has 0 aliphatic carbocycles. The summed E-state index contributed by atoms with van der Waals surface area (Å²) in [5.74, 6) is 0.660. The van der Waals surface area contributed by atoms with Crippen molar-refractivity contribution in [3.05, 3.63) is 23.8 Å². The molecule has 1 amide bonds. The van der Waals surface area contributed by atoms with Crippen LogP contribution in [0.4, 0.5) is 4.79 Å². The first-order valence-electron chi connectivity index (χ1n) is 8.21. The molecule has 24 heavy (non-hydrogen) atoms. The van der Waals surface area contributed by atoms with Crippen molar-refractivity contribution in [1.29, 1.82) is 0 Å². The van der Waals surface area contributed by atoms with Crippen molar-refractivity contribution in [3.63, 3.8) is 0 Å². The van der Waals surface area contributed by atoms with Crippen LogP contribution in [-0.4, -0.2) is 53.6 Å². The number of carbonyl (C=O) groups is 1. The van der Waals surface area contributed by atoms with Crippen molar-refractivity contribution >= 4 is 6.09 Å². The van der Waals surface area contributed by atoms with Crippen LogP contribution in [-0.2, 0) is 4.74 Å². The molecule has 2 unspecified atom stereocenters. The van der Waals surface area contributed by atoms with Gasteiger partial charge in [0.1, 0.15) is 17.1 Å². The van der Waals surface area contributed by atoms with Gasteiger partial charge in [0.05, 0.1) is 7.11 Å². The molecule has 134 valence electrons. The van der Waals surface area contributed by atoms with E-state index in [4.69, 9.17) is 9.47 Å². The minimum atomic E-state index is -0.561. The fourth-order valence-corrected chi connectivity index (χ4v) is 3.22. The Morgan fingerprint density at radius 3 is 2.62 bits per heavy atom. The molecule has 1 aromatic rings. The Bertz CT molecular complexity index is 581. The zero-order chi connectivity index (χ0) is 17.9. The smallest absolute Gasteiger partial charge is 0.410 e. The molecule has 0 radical (unpaired) electrons. The summed E-state index contributed by atoms with van der Waals surface area (Å²) in [5.41, 5.74) is 0.123. The number of aliphatic hydroxyl groups excluding tert-OH is 1. The summed E-state index contributed by atoms with van der Waals surface area (Å²) in [6, 6.07) is 5.13. The zero-order valence-electron chi connectivity index (χ0n) is 14.8. The zero-order valence-corrected chi connectivity index (χ0v) is 14.8. The first kappa shape index (κ1) is 18.4. The number of ether oxygens (including phenoxy) is 2. The predicted molar refractivity (Wildman–Crippen MR) is 90.4 cm³/mol. The lowest BCUT2D eigenvalue weighted by molar-refractivity contribution is 0.0284. The highest BCUT2D eigenvalue weighted by Gasteiger charge is 2.39. The fraction of sp³-hybridized carbons (Fsp3) is 0.611. The third-order valence-electron chi connectivity index (χ3n) is 4.23. The molecule has 2 atom stereocenters. The van der Waals surface area contributed by atoms with E-state index in [1.54, 1.807) is 30.2 Å². The maximum absolute atomic E-state index is 12.4. The number of aliphatic hydroxyl groups is 1. The van der Waals surface area contributed by atoms with Crippen molar-refractivity contribution in [2.75, 3.05) is 26.8 Å². The van der Waals surface area contributed by atoms with Crippen molar-refractivity contribution in [2.45, 2.75) is 38.7 Å². The second-order valence-corrected chi connectivity index (χ2v) is 7.16. The van der Waals surface area contributed by atoms with E-state index in [-0.39, 0.29) is 30.3 Å². The number of carbonyl (C=O) groups excluding carboxylic acids is 1. The number of likely N-dealkylation sites (tertiary alicyclic amines) is 1. The largest absolute Gasteiger partial charge is 0.508 e. The van der Waals surface area contributed by atoms with Crippen LogP contribution in [0.25, 0.3) is 0 Å². The molecule has 0 spiro atoms. The molecule has 1 aromatic carbocycles. The Morgan fingerprint density at radius 2 is 2.04 bits per heavy atom. The molecule has 0 bridgehead atoms. The van der Waals surface area contributed by atoms with Gasteiger partial charge in [-0.05, 0) is 45.2 Å². The van der Waals surface area contributed by atoms with E-state index < -0.39 is 5.60 Å². The highest BCUT2D eigenvalue weighted by atomic mass is 16.6. The molecule has 1 aliphatic heterocycles. The number of phenolic OH excluding ortho intramolecular Hbond substituents is 1. The third-order valence-corrected chi connectivity index (χ3v) is 4.23. The SMILES string of the molecule is COc1cccc(O)c1C1CN(C(=O)OC(C)(C)C)CC1CCO. The standard InChI is InChI=1S/C18H27NO5/c1-18(2,3)24-17(22)19-10-12(8-9-20)13(11-19)16-14(21)6-5-7-15(16)23-4/h5-7,12-13,20-21H,8-11H2,1-4H3. The minimum Gasteiger partial charge on any atom is -0.508 e. The van der Waals surface area contributed by atoms with Gasteiger partial charge in [-0.1, -0.05) is 6.07 Å². The normalized spacial score (nSPS) is 21.0. The molecular formula is C18H27NO5. The van der Waals surface area contributed by atoms with E-state index in [0.717, 1.165) is 0 Å². The predicted octanol–water partition coefficient (Wildman–Crippen LogP) is 2.73. The van der Waals surface area contributed by atoms with Crippen LogP contribution in [0.5, 0.6) is 11.5 Å². The van der Waals surface area contributed by atoms with Gasteiger partial charge < -0.3 is 24.6 Å². The number of methoxy groups -OCH3 is 1. The highest BCUT2D eigenvalue weighted by Crippen LogP contribution is 2.43. The Balaban J connectivity index is 2.27. The summed E-state index contributed by atoms with van der Waals surface area (Å²) < 4.78 is 10.8. The first-order valence-corrected chi connectivity index (χ1v) is 8.21. The Kier molecular flexibility index (Phi) is 5.59. The molecule has 2 N–H and O–H groups in total. The molecule has 6 heteroatoms. The Hall–Kier alpha value is -1.95. The quantitative estimate of drug-likeness (QED) is 0.883. The van der Waals surface area contributed by atoms with Crippen LogP contribution in [0.3, 0.4) is 0 Å². The van der Waals surface area contributed by atoms with Gasteiger partial charge in [0, 0.05) is 31.2 Å². The van der Waals surface area contributed by atoms with Crippen LogP contribution in [0.2, 0.25) is 0 Å². The lowest BCUT2D eigenvalue weighted by Crippen LogP contribution is -2.35. The van der Waals surface area contributed by atoms with Crippen molar-refractivity contribution in [3.8, 4) is 11.5 Å². The van der Waals surface area contributed by atoms with E-state index in [1.165, 1.54) is 0 Å². The van der Waals surface area contributed by atoms with Crippen LogP contribution >= 0.6 is 0 Å². The number of amides is 1. The lowest BCUT2D eigenvalue weighted by atomic mass is 9.86. The lowest BCUT2D eigenvalue weighted by Gasteiger charge is -2.24. The van der Waals surface area contributed by atoms with Crippen molar-refractivity contribution < 1.29 is 24.5 Å². The van der Waals surface area contributed by atoms with Gasteiger partial charge in [0.15, 0.2) is 0 Å². The summed E-state index contributed by atoms with van der Waals surface area (Å²) in [5, 5.41) is 19.7. The highest BCUT2D eigenvalue weighted by molar-refractivity contribution is 5.69. The average molecular weight is 337 g/mol. The maximum atomic E-state index is 12.4. The maximum Gasteiger partial charge on any atom is 0.410 e. The van der Waals surface area contributed by atoms with Gasteiger partial charge in [-0.25, -0.2) is 4.79 Å². The van der Waals surface area contributed by atoms with E-state index in [1.807, 2.05) is 20.8 Å². The molecule has 1 saturated heterocycles. The number of hydrogen-bond donors (Lipinski definition) is 2. The Morgan fingerprint density at radius 1 is 1.33 bits per heavy atom. The van der Waals surface area contributed by atoms with Crippen LogP contribution < -0.4 is 4.74 Å². The first-order chi connectivity index (χ1) is 11.3. The van der Waals surface area contributed by atoms with Crippen molar-refractivity contribution in [2.24, 2.45) is 5.92 Å². The van der Waals surface area contributed by atoms with Gasteiger partial charge >= 0.3 is 6.09 Å². The summed E-state index contributed by atoms with van der Waals surface area (Å²) in [7, 11) is 1.56. The second kappa shape index (κ2) is 7.30. The molecule has 6 nitrogen and oxygen atoms in total. The topological polar surface area (TPSA) is 79.2 Å². The number of phenols is 1. The molecule has 0 aromatic heterocycles. The van der Waals surface area contributed by atoms with Gasteiger partial charge in [0.25, 0.3) is 0 Å². The minimum absolute atomic E-state index is 0.0270. The summed E-state index contributed by atoms with van der Waals surface area (Å²) in [6.07, 6.45) is 0.170. The van der Waals surface area contributed by atoms with Gasteiger partial charge in [0.2, 0.25) is 0 Å². The number of benzene rings is 1.